The van der Waals surface area contributed by atoms with Crippen molar-refractivity contribution in [1.29, 1.82) is 0 Å². The molecule has 1 heterocycles. The summed E-state index contributed by atoms with van der Waals surface area (Å²) in [6.45, 7) is 0.659. The molecule has 6 nitrogen and oxygen atoms in total. The van der Waals surface area contributed by atoms with E-state index in [1.165, 1.54) is 19.5 Å². The van der Waals surface area contributed by atoms with Gasteiger partial charge in [0.25, 0.3) is 5.91 Å². The van der Waals surface area contributed by atoms with Crippen LogP contribution in [0, 0.1) is 0 Å². The number of amides is 1. The second-order valence-corrected chi connectivity index (χ2v) is 5.49. The number of pyridine rings is 1. The average Bonchev–Trinajstić information content (AvgIpc) is 2.64. The van der Waals surface area contributed by atoms with Gasteiger partial charge in [0, 0.05) is 19.3 Å². The number of rotatable bonds is 8. The molecular weight excluding hydrogens is 306 g/mol. The molecule has 2 aromatic rings. The lowest BCUT2D eigenvalue weighted by Crippen LogP contribution is -2.32. The summed E-state index contributed by atoms with van der Waals surface area (Å²) in [4.78, 5) is 16.0. The number of nitrogens with two attached hydrogens (primary N) is 1. The standard InChI is InChI=1S/C18H23N3O3/c1-24-17-8-15(10-20-12-17)18(23)21-11-16(22)7-6-13-4-2-3-5-14(13)9-19/h2-5,8,10,12,16,22H,6-7,9,11,19H2,1H3,(H,21,23)/t16-/m0/s1. The number of nitrogens with one attached hydrogen (secondary N) is 1. The van der Waals surface area contributed by atoms with Crippen molar-refractivity contribution in [2.24, 2.45) is 5.73 Å². The van der Waals surface area contributed by atoms with Gasteiger partial charge in [-0.15, -0.1) is 0 Å². The molecule has 6 heteroatoms. The maximum Gasteiger partial charge on any atom is 0.253 e. The summed E-state index contributed by atoms with van der Waals surface area (Å²) in [7, 11) is 1.52. The number of carbonyl (C=O) groups excluding carboxylic acids is 1. The Morgan fingerprint density at radius 2 is 2.08 bits per heavy atom. The van der Waals surface area contributed by atoms with Gasteiger partial charge in [-0.2, -0.15) is 0 Å². The molecule has 0 aliphatic heterocycles. The average molecular weight is 329 g/mol. The van der Waals surface area contributed by atoms with E-state index in [-0.39, 0.29) is 12.5 Å². The number of benzene rings is 1. The minimum atomic E-state index is -0.627. The van der Waals surface area contributed by atoms with E-state index >= 15 is 0 Å². The summed E-state index contributed by atoms with van der Waals surface area (Å²) in [5, 5.41) is 12.8. The highest BCUT2D eigenvalue weighted by molar-refractivity contribution is 5.94. The third-order valence-corrected chi connectivity index (χ3v) is 3.79. The number of carbonyl (C=O) groups is 1. The number of aryl methyl sites for hydroxylation is 1. The Morgan fingerprint density at radius 3 is 2.79 bits per heavy atom. The molecule has 0 fully saturated rings. The van der Waals surface area contributed by atoms with E-state index in [2.05, 4.69) is 10.3 Å². The Kier molecular flexibility index (Phi) is 6.72. The van der Waals surface area contributed by atoms with Crippen molar-refractivity contribution < 1.29 is 14.6 Å². The van der Waals surface area contributed by atoms with E-state index in [0.29, 0.717) is 30.7 Å². The van der Waals surface area contributed by atoms with Gasteiger partial charge in [0.2, 0.25) is 0 Å². The molecule has 0 unspecified atom stereocenters. The first-order chi connectivity index (χ1) is 11.6. The van der Waals surface area contributed by atoms with E-state index in [9.17, 15) is 9.90 Å². The summed E-state index contributed by atoms with van der Waals surface area (Å²) in [6, 6.07) is 9.50. The van der Waals surface area contributed by atoms with Crippen LogP contribution in [0.1, 0.15) is 27.9 Å². The minimum absolute atomic E-state index is 0.181. The van der Waals surface area contributed by atoms with E-state index in [1.54, 1.807) is 6.07 Å². The van der Waals surface area contributed by atoms with Gasteiger partial charge in [-0.1, -0.05) is 24.3 Å². The van der Waals surface area contributed by atoms with Gasteiger partial charge >= 0.3 is 0 Å². The van der Waals surface area contributed by atoms with E-state index in [0.717, 1.165) is 11.1 Å². The van der Waals surface area contributed by atoms with E-state index in [1.807, 2.05) is 24.3 Å². The number of hydrogen-bond acceptors (Lipinski definition) is 5. The number of aromatic nitrogens is 1. The third kappa shape index (κ3) is 5.04. The Bertz CT molecular complexity index is 676. The summed E-state index contributed by atoms with van der Waals surface area (Å²) in [6.07, 6.45) is 3.62. The van der Waals surface area contributed by atoms with Gasteiger partial charge in [-0.3, -0.25) is 9.78 Å². The number of hydrogen-bond donors (Lipinski definition) is 3. The zero-order valence-corrected chi connectivity index (χ0v) is 13.7. The van der Waals surface area contributed by atoms with Gasteiger partial charge in [0.05, 0.1) is 25.0 Å². The number of aliphatic hydroxyl groups is 1. The van der Waals surface area contributed by atoms with Crippen LogP contribution in [0.5, 0.6) is 5.75 Å². The van der Waals surface area contributed by atoms with Crippen LogP contribution >= 0.6 is 0 Å². The normalized spacial score (nSPS) is 11.8. The minimum Gasteiger partial charge on any atom is -0.495 e. The molecule has 1 atom stereocenters. The van der Waals surface area contributed by atoms with Crippen molar-refractivity contribution in [2.45, 2.75) is 25.5 Å². The maximum absolute atomic E-state index is 12.1. The summed E-state index contributed by atoms with van der Waals surface area (Å²) >= 11 is 0. The Labute approximate surface area is 141 Å². The molecule has 1 amide bonds. The molecule has 128 valence electrons. The lowest BCUT2D eigenvalue weighted by molar-refractivity contribution is 0.0910. The zero-order chi connectivity index (χ0) is 17.4. The fourth-order valence-electron chi connectivity index (χ4n) is 2.39. The highest BCUT2D eigenvalue weighted by atomic mass is 16.5. The first-order valence-electron chi connectivity index (χ1n) is 7.86. The molecule has 0 saturated heterocycles. The van der Waals surface area contributed by atoms with E-state index < -0.39 is 6.10 Å². The Balaban J connectivity index is 1.82. The summed E-state index contributed by atoms with van der Waals surface area (Å²) in [5.74, 6) is 0.226. The smallest absolute Gasteiger partial charge is 0.253 e. The molecule has 4 N–H and O–H groups in total. The number of nitrogens with zero attached hydrogens (tertiary/aromatic N) is 1. The molecule has 1 aromatic heterocycles. The highest BCUT2D eigenvalue weighted by Gasteiger charge is 2.11. The fraction of sp³-hybridized carbons (Fsp3) is 0.333. The van der Waals surface area contributed by atoms with Crippen LogP contribution in [0.2, 0.25) is 0 Å². The van der Waals surface area contributed by atoms with Crippen LogP contribution < -0.4 is 15.8 Å². The molecule has 2 rings (SSSR count). The van der Waals surface area contributed by atoms with E-state index in [4.69, 9.17) is 10.5 Å². The molecule has 0 bridgehead atoms. The van der Waals surface area contributed by atoms with Crippen LogP contribution in [0.3, 0.4) is 0 Å². The van der Waals surface area contributed by atoms with Crippen molar-refractivity contribution in [2.75, 3.05) is 13.7 Å². The van der Waals surface area contributed by atoms with Crippen molar-refractivity contribution in [3.05, 3.63) is 59.4 Å². The van der Waals surface area contributed by atoms with Crippen LogP contribution in [-0.2, 0) is 13.0 Å². The van der Waals surface area contributed by atoms with Crippen molar-refractivity contribution in [3.8, 4) is 5.75 Å². The quantitative estimate of drug-likeness (QED) is 0.678. The van der Waals surface area contributed by atoms with Crippen LogP contribution in [0.15, 0.2) is 42.7 Å². The third-order valence-electron chi connectivity index (χ3n) is 3.79. The van der Waals surface area contributed by atoms with Crippen molar-refractivity contribution >= 4 is 5.91 Å². The molecule has 0 saturated carbocycles. The van der Waals surface area contributed by atoms with Crippen LogP contribution in [0.25, 0.3) is 0 Å². The van der Waals surface area contributed by atoms with Gasteiger partial charge in [-0.05, 0) is 30.0 Å². The lowest BCUT2D eigenvalue weighted by Gasteiger charge is -2.13. The largest absolute Gasteiger partial charge is 0.495 e. The maximum atomic E-state index is 12.1. The van der Waals surface area contributed by atoms with Crippen LogP contribution in [-0.4, -0.2) is 35.8 Å². The SMILES string of the molecule is COc1cncc(C(=O)NC[C@@H](O)CCc2ccccc2CN)c1. The summed E-state index contributed by atoms with van der Waals surface area (Å²) in [5.41, 5.74) is 8.31. The first-order valence-corrected chi connectivity index (χ1v) is 7.86. The topological polar surface area (TPSA) is 97.5 Å². The number of ether oxygens (including phenoxy) is 1. The molecule has 0 aliphatic carbocycles. The van der Waals surface area contributed by atoms with Crippen LogP contribution in [0.4, 0.5) is 0 Å². The van der Waals surface area contributed by atoms with Crippen molar-refractivity contribution in [1.82, 2.24) is 10.3 Å². The van der Waals surface area contributed by atoms with Gasteiger partial charge in [-0.25, -0.2) is 0 Å². The van der Waals surface area contributed by atoms with Gasteiger partial charge in [0.1, 0.15) is 5.75 Å². The second-order valence-electron chi connectivity index (χ2n) is 5.49. The molecule has 0 spiro atoms. The first kappa shape index (κ1) is 17.9. The second kappa shape index (κ2) is 9.00. The predicted octanol–water partition coefficient (Wildman–Crippen LogP) is 1.27. The Hall–Kier alpha value is -2.44. The molecular formula is C18H23N3O3. The van der Waals surface area contributed by atoms with Gasteiger partial charge in [0.15, 0.2) is 0 Å². The van der Waals surface area contributed by atoms with Crippen molar-refractivity contribution in [3.63, 3.8) is 0 Å². The Morgan fingerprint density at radius 1 is 1.33 bits per heavy atom. The number of aliphatic hydroxyl groups excluding tert-OH is 1. The summed E-state index contributed by atoms with van der Waals surface area (Å²) < 4.78 is 5.04. The number of methoxy groups -OCH3 is 1. The lowest BCUT2D eigenvalue weighted by atomic mass is 10.0. The predicted molar refractivity (Wildman–Crippen MR) is 91.8 cm³/mol. The fourth-order valence-corrected chi connectivity index (χ4v) is 2.39. The molecule has 0 aliphatic rings. The zero-order valence-electron chi connectivity index (χ0n) is 13.7. The molecule has 24 heavy (non-hydrogen) atoms. The monoisotopic (exact) mass is 329 g/mol. The highest BCUT2D eigenvalue weighted by Crippen LogP contribution is 2.12. The molecule has 1 aromatic carbocycles. The van der Waals surface area contributed by atoms with Gasteiger partial charge < -0.3 is 20.9 Å². The molecule has 0 radical (unpaired) electrons.